The first kappa shape index (κ1) is 14.4. The van der Waals surface area contributed by atoms with E-state index in [0.717, 1.165) is 10.9 Å². The topological polar surface area (TPSA) is 65.2 Å². The van der Waals surface area contributed by atoms with E-state index in [1.54, 1.807) is 30.5 Å². The van der Waals surface area contributed by atoms with E-state index in [9.17, 15) is 13.2 Å². The van der Waals surface area contributed by atoms with Gasteiger partial charge >= 0.3 is 6.18 Å². The smallest absolute Gasteiger partial charge is 0.438 e. The molecule has 0 radical (unpaired) electrons. The number of fused-ring (bicyclic) bond motifs is 2. The lowest BCUT2D eigenvalue weighted by molar-refractivity contribution is -0.146. The first-order valence-corrected chi connectivity index (χ1v) is 6.83. The Labute approximate surface area is 132 Å². The van der Waals surface area contributed by atoms with Crippen LogP contribution in [-0.4, -0.2) is 24.8 Å². The van der Waals surface area contributed by atoms with E-state index < -0.39 is 12.0 Å². The number of pyridine rings is 1. The maximum absolute atomic E-state index is 12.9. The largest absolute Gasteiger partial charge is 0.453 e. The minimum absolute atomic E-state index is 0.00367. The van der Waals surface area contributed by atoms with Gasteiger partial charge in [0, 0.05) is 17.6 Å². The van der Waals surface area contributed by atoms with Gasteiger partial charge in [-0.25, -0.2) is 0 Å². The van der Waals surface area contributed by atoms with Crippen molar-refractivity contribution >= 4 is 16.6 Å². The Balaban J connectivity index is 1.73. The van der Waals surface area contributed by atoms with E-state index in [4.69, 9.17) is 4.74 Å². The van der Waals surface area contributed by atoms with Gasteiger partial charge in [-0.05, 0) is 30.3 Å². The van der Waals surface area contributed by atoms with Gasteiger partial charge in [0.1, 0.15) is 5.75 Å². The van der Waals surface area contributed by atoms with Crippen LogP contribution in [-0.2, 0) is 6.18 Å². The van der Waals surface area contributed by atoms with Gasteiger partial charge in [-0.3, -0.25) is 4.98 Å². The minimum atomic E-state index is -4.65. The molecule has 0 atom stereocenters. The van der Waals surface area contributed by atoms with E-state index in [1.165, 1.54) is 12.1 Å². The lowest BCUT2D eigenvalue weighted by Crippen LogP contribution is -2.12. The van der Waals surface area contributed by atoms with Gasteiger partial charge in [0.05, 0.1) is 5.52 Å². The Morgan fingerprint density at radius 3 is 2.71 bits per heavy atom. The molecule has 4 rings (SSSR count). The fraction of sp³-hybridized carbons (Fsp3) is 0.0667. The van der Waals surface area contributed by atoms with Crippen LogP contribution in [0, 0.1) is 0 Å². The van der Waals surface area contributed by atoms with Crippen LogP contribution in [0.5, 0.6) is 11.6 Å². The van der Waals surface area contributed by atoms with Crippen LogP contribution < -0.4 is 4.74 Å². The van der Waals surface area contributed by atoms with Gasteiger partial charge in [0.2, 0.25) is 5.88 Å². The molecule has 0 aliphatic heterocycles. The monoisotopic (exact) mass is 331 g/mol. The molecule has 3 aromatic heterocycles. The average Bonchev–Trinajstić information content (AvgIpc) is 2.98. The van der Waals surface area contributed by atoms with Gasteiger partial charge in [0.15, 0.2) is 5.65 Å². The third kappa shape index (κ3) is 2.49. The third-order valence-corrected chi connectivity index (χ3v) is 3.29. The average molecular weight is 331 g/mol. The van der Waals surface area contributed by atoms with Crippen molar-refractivity contribution in [2.24, 2.45) is 0 Å². The Kier molecular flexibility index (Phi) is 3.08. The molecule has 0 fully saturated rings. The summed E-state index contributed by atoms with van der Waals surface area (Å²) in [5.74, 6) is -0.773. The molecule has 3 heterocycles. The van der Waals surface area contributed by atoms with Crippen LogP contribution in [0.15, 0.2) is 48.7 Å². The summed E-state index contributed by atoms with van der Waals surface area (Å²) in [4.78, 5) is 4.19. The first-order valence-electron chi connectivity index (χ1n) is 6.83. The van der Waals surface area contributed by atoms with Crippen LogP contribution in [0.3, 0.4) is 0 Å². The Morgan fingerprint density at radius 1 is 1.00 bits per heavy atom. The van der Waals surface area contributed by atoms with Crippen molar-refractivity contribution in [2.45, 2.75) is 6.18 Å². The summed E-state index contributed by atoms with van der Waals surface area (Å²) in [7, 11) is 0. The lowest BCUT2D eigenvalue weighted by atomic mass is 10.2. The quantitative estimate of drug-likeness (QED) is 0.562. The summed E-state index contributed by atoms with van der Waals surface area (Å²) in [6.07, 6.45) is -2.98. The molecule has 24 heavy (non-hydrogen) atoms. The van der Waals surface area contributed by atoms with Crippen molar-refractivity contribution in [2.75, 3.05) is 0 Å². The fourth-order valence-electron chi connectivity index (χ4n) is 2.24. The molecule has 0 aliphatic carbocycles. The van der Waals surface area contributed by atoms with E-state index in [1.807, 2.05) is 6.07 Å². The molecular formula is C15H8F3N5O. The molecule has 0 unspecified atom stereocenters. The normalized spacial score (nSPS) is 12.0. The van der Waals surface area contributed by atoms with Crippen molar-refractivity contribution in [3.05, 3.63) is 54.5 Å². The Bertz CT molecular complexity index is 1040. The summed E-state index contributed by atoms with van der Waals surface area (Å²) >= 11 is 0. The minimum Gasteiger partial charge on any atom is -0.438 e. The van der Waals surface area contributed by atoms with Gasteiger partial charge in [-0.2, -0.15) is 17.7 Å². The highest BCUT2D eigenvalue weighted by Crippen LogP contribution is 2.29. The third-order valence-electron chi connectivity index (χ3n) is 3.29. The number of aromatic nitrogens is 5. The fourth-order valence-corrected chi connectivity index (χ4v) is 2.24. The van der Waals surface area contributed by atoms with Crippen LogP contribution in [0.2, 0.25) is 0 Å². The number of nitrogens with zero attached hydrogens (tertiary/aromatic N) is 5. The maximum Gasteiger partial charge on any atom is 0.453 e. The predicted octanol–water partition coefficient (Wildman–Crippen LogP) is 3.48. The second kappa shape index (κ2) is 5.15. The van der Waals surface area contributed by atoms with Crippen LogP contribution >= 0.6 is 0 Å². The summed E-state index contributed by atoms with van der Waals surface area (Å²) in [6, 6.07) is 11.6. The molecule has 0 aliphatic rings. The number of hydrogen-bond acceptors (Lipinski definition) is 5. The Morgan fingerprint density at radius 2 is 1.88 bits per heavy atom. The number of alkyl halides is 3. The molecule has 0 spiro atoms. The zero-order chi connectivity index (χ0) is 16.7. The molecule has 6 nitrogen and oxygen atoms in total. The number of hydrogen-bond donors (Lipinski definition) is 0. The Hall–Kier alpha value is -3.23. The first-order chi connectivity index (χ1) is 11.5. The second-order valence-corrected chi connectivity index (χ2v) is 4.92. The number of halogens is 3. The van der Waals surface area contributed by atoms with Gasteiger partial charge < -0.3 is 4.74 Å². The molecule has 4 aromatic rings. The molecule has 0 amide bonds. The van der Waals surface area contributed by atoms with Crippen LogP contribution in [0.4, 0.5) is 13.2 Å². The van der Waals surface area contributed by atoms with Crippen molar-refractivity contribution < 1.29 is 17.9 Å². The molecule has 1 aromatic carbocycles. The highest BCUT2D eigenvalue weighted by Gasteiger charge is 2.37. The number of ether oxygens (including phenoxy) is 1. The van der Waals surface area contributed by atoms with Crippen molar-refractivity contribution in [3.8, 4) is 11.6 Å². The van der Waals surface area contributed by atoms with Crippen LogP contribution in [0.1, 0.15) is 5.82 Å². The molecule has 9 heteroatoms. The van der Waals surface area contributed by atoms with Crippen molar-refractivity contribution in [1.29, 1.82) is 0 Å². The molecule has 0 N–H and O–H groups in total. The highest BCUT2D eigenvalue weighted by molar-refractivity contribution is 5.79. The summed E-state index contributed by atoms with van der Waals surface area (Å²) in [5, 5.41) is 11.2. The zero-order valence-electron chi connectivity index (χ0n) is 11.9. The highest BCUT2D eigenvalue weighted by atomic mass is 19.4. The van der Waals surface area contributed by atoms with Gasteiger partial charge in [-0.15, -0.1) is 15.3 Å². The van der Waals surface area contributed by atoms with E-state index >= 15 is 0 Å². The van der Waals surface area contributed by atoms with Crippen LogP contribution in [0.25, 0.3) is 16.6 Å². The molecular weight excluding hydrogens is 323 g/mol. The number of benzene rings is 1. The summed E-state index contributed by atoms with van der Waals surface area (Å²) in [6.45, 7) is 0. The maximum atomic E-state index is 12.9. The second-order valence-electron chi connectivity index (χ2n) is 4.92. The van der Waals surface area contributed by atoms with E-state index in [2.05, 4.69) is 20.3 Å². The van der Waals surface area contributed by atoms with Gasteiger partial charge in [0.25, 0.3) is 5.82 Å². The summed E-state index contributed by atoms with van der Waals surface area (Å²) < 4.78 is 44.8. The van der Waals surface area contributed by atoms with Crippen molar-refractivity contribution in [3.63, 3.8) is 0 Å². The van der Waals surface area contributed by atoms with Crippen molar-refractivity contribution in [1.82, 2.24) is 24.8 Å². The van der Waals surface area contributed by atoms with E-state index in [-0.39, 0.29) is 11.5 Å². The standard InChI is InChI=1S/C15H8F3N5O/c16-15(17,18)14-21-20-12-5-6-13(22-23(12)14)24-10-3-4-11-9(8-10)2-1-7-19-11/h1-8H. The molecule has 120 valence electrons. The van der Waals surface area contributed by atoms with E-state index in [0.29, 0.717) is 10.3 Å². The summed E-state index contributed by atoms with van der Waals surface area (Å²) in [5.41, 5.74) is 0.767. The zero-order valence-corrected chi connectivity index (χ0v) is 11.9. The predicted molar refractivity (Wildman–Crippen MR) is 77.6 cm³/mol. The SMILES string of the molecule is FC(F)(F)c1nnc2ccc(Oc3ccc4ncccc4c3)nn12. The molecule has 0 bridgehead atoms. The molecule has 0 saturated heterocycles. The number of rotatable bonds is 2. The lowest BCUT2D eigenvalue weighted by Gasteiger charge is -2.07. The molecule has 0 saturated carbocycles. The van der Waals surface area contributed by atoms with Gasteiger partial charge in [-0.1, -0.05) is 6.07 Å².